The Labute approximate surface area is 99.2 Å². The lowest BCUT2D eigenvalue weighted by molar-refractivity contribution is -0.125. The largest absolute Gasteiger partial charge is 0.356 e. The van der Waals surface area contributed by atoms with Crippen LogP contribution in [-0.4, -0.2) is 19.0 Å². The number of rotatable bonds is 6. The highest BCUT2D eigenvalue weighted by Crippen LogP contribution is 2.30. The van der Waals surface area contributed by atoms with Gasteiger partial charge in [0.2, 0.25) is 5.91 Å². The molecule has 3 atom stereocenters. The summed E-state index contributed by atoms with van der Waals surface area (Å²) in [4.78, 5) is 11.8. The van der Waals surface area contributed by atoms with E-state index in [1.165, 1.54) is 19.3 Å². The molecule has 0 aromatic heterocycles. The van der Waals surface area contributed by atoms with E-state index in [0.29, 0.717) is 12.5 Å². The van der Waals surface area contributed by atoms with Crippen LogP contribution < -0.4 is 11.1 Å². The van der Waals surface area contributed by atoms with Crippen LogP contribution in [0.5, 0.6) is 0 Å². The fourth-order valence-electron chi connectivity index (χ4n) is 2.61. The lowest BCUT2D eigenvalue weighted by atomic mass is 9.97. The van der Waals surface area contributed by atoms with Crippen LogP contribution >= 0.6 is 0 Å². The summed E-state index contributed by atoms with van der Waals surface area (Å²) in [5.74, 6) is 1.62. The van der Waals surface area contributed by atoms with E-state index < -0.39 is 0 Å². The van der Waals surface area contributed by atoms with E-state index in [9.17, 15) is 4.79 Å². The maximum Gasteiger partial charge on any atom is 0.224 e. The van der Waals surface area contributed by atoms with Crippen molar-refractivity contribution in [3.63, 3.8) is 0 Å². The van der Waals surface area contributed by atoms with Crippen molar-refractivity contribution in [3.05, 3.63) is 0 Å². The monoisotopic (exact) mass is 226 g/mol. The Morgan fingerprint density at radius 3 is 2.75 bits per heavy atom. The first-order chi connectivity index (χ1) is 7.69. The summed E-state index contributed by atoms with van der Waals surface area (Å²) in [6, 6.07) is 0. The normalized spacial score (nSPS) is 26.7. The van der Waals surface area contributed by atoms with Crippen LogP contribution in [0.1, 0.15) is 46.0 Å². The molecule has 94 valence electrons. The lowest BCUT2D eigenvalue weighted by Crippen LogP contribution is -2.38. The van der Waals surface area contributed by atoms with Gasteiger partial charge in [-0.25, -0.2) is 0 Å². The van der Waals surface area contributed by atoms with Crippen molar-refractivity contribution in [2.24, 2.45) is 23.5 Å². The Balaban J connectivity index is 2.27. The van der Waals surface area contributed by atoms with Crippen molar-refractivity contribution in [2.45, 2.75) is 46.0 Å². The van der Waals surface area contributed by atoms with Crippen LogP contribution in [0.25, 0.3) is 0 Å². The zero-order chi connectivity index (χ0) is 12.0. The first-order valence-corrected chi connectivity index (χ1v) is 6.66. The second kappa shape index (κ2) is 6.89. The third-order valence-corrected chi connectivity index (χ3v) is 3.87. The summed E-state index contributed by atoms with van der Waals surface area (Å²) < 4.78 is 0. The minimum atomic E-state index is 0.0155. The molecule has 1 aliphatic carbocycles. The summed E-state index contributed by atoms with van der Waals surface area (Å²) >= 11 is 0. The smallest absolute Gasteiger partial charge is 0.224 e. The molecule has 0 saturated heterocycles. The van der Waals surface area contributed by atoms with E-state index >= 15 is 0 Å². The molecule has 1 fully saturated rings. The van der Waals surface area contributed by atoms with Gasteiger partial charge >= 0.3 is 0 Å². The first-order valence-electron chi connectivity index (χ1n) is 6.66. The average Bonchev–Trinajstić information content (AvgIpc) is 2.68. The van der Waals surface area contributed by atoms with E-state index in [0.717, 1.165) is 25.3 Å². The van der Waals surface area contributed by atoms with Gasteiger partial charge in [0.05, 0.1) is 5.92 Å². The van der Waals surface area contributed by atoms with Crippen LogP contribution in [0.3, 0.4) is 0 Å². The first kappa shape index (κ1) is 13.5. The van der Waals surface area contributed by atoms with Crippen molar-refractivity contribution >= 4 is 5.91 Å². The third-order valence-electron chi connectivity index (χ3n) is 3.87. The summed E-state index contributed by atoms with van der Waals surface area (Å²) in [6.45, 7) is 5.70. The molecule has 0 aromatic rings. The van der Waals surface area contributed by atoms with Crippen molar-refractivity contribution < 1.29 is 4.79 Å². The molecule has 0 spiro atoms. The fourth-order valence-corrected chi connectivity index (χ4v) is 2.61. The molecule has 0 aliphatic heterocycles. The molecule has 1 amide bonds. The highest BCUT2D eigenvalue weighted by molar-refractivity contribution is 5.78. The van der Waals surface area contributed by atoms with Gasteiger partial charge in [-0.2, -0.15) is 0 Å². The zero-order valence-corrected chi connectivity index (χ0v) is 10.7. The molecule has 16 heavy (non-hydrogen) atoms. The highest BCUT2D eigenvalue weighted by atomic mass is 16.1. The quantitative estimate of drug-likeness (QED) is 0.727. The molecule has 3 N–H and O–H groups in total. The van der Waals surface area contributed by atoms with Gasteiger partial charge in [-0.3, -0.25) is 4.79 Å². The van der Waals surface area contributed by atoms with Crippen molar-refractivity contribution in [3.8, 4) is 0 Å². The number of carbonyl (C=O) groups is 1. The van der Waals surface area contributed by atoms with E-state index in [-0.39, 0.29) is 11.8 Å². The molecule has 1 rings (SSSR count). The van der Waals surface area contributed by atoms with E-state index in [4.69, 9.17) is 5.73 Å². The van der Waals surface area contributed by atoms with E-state index in [2.05, 4.69) is 19.2 Å². The molecule has 3 nitrogen and oxygen atoms in total. The summed E-state index contributed by atoms with van der Waals surface area (Å²) in [6.07, 6.45) is 5.83. The molecule has 3 heteroatoms. The molecule has 0 heterocycles. The van der Waals surface area contributed by atoms with Gasteiger partial charge in [0.15, 0.2) is 0 Å². The Morgan fingerprint density at radius 1 is 1.50 bits per heavy atom. The third kappa shape index (κ3) is 3.78. The van der Waals surface area contributed by atoms with Crippen LogP contribution in [0.2, 0.25) is 0 Å². The maximum absolute atomic E-state index is 11.8. The lowest BCUT2D eigenvalue weighted by Gasteiger charge is -2.19. The van der Waals surface area contributed by atoms with Crippen molar-refractivity contribution in [1.29, 1.82) is 0 Å². The van der Waals surface area contributed by atoms with Crippen LogP contribution in [-0.2, 0) is 4.79 Å². The number of hydrogen-bond donors (Lipinski definition) is 2. The topological polar surface area (TPSA) is 55.1 Å². The van der Waals surface area contributed by atoms with E-state index in [1.54, 1.807) is 0 Å². The number of carbonyl (C=O) groups excluding carboxylic acids is 1. The van der Waals surface area contributed by atoms with Crippen LogP contribution in [0, 0.1) is 17.8 Å². The molecule has 0 bridgehead atoms. The minimum Gasteiger partial charge on any atom is -0.356 e. The van der Waals surface area contributed by atoms with Crippen molar-refractivity contribution in [1.82, 2.24) is 5.32 Å². The summed E-state index contributed by atoms with van der Waals surface area (Å²) in [5, 5.41) is 3.07. The average molecular weight is 226 g/mol. The molecule has 0 aromatic carbocycles. The summed E-state index contributed by atoms with van der Waals surface area (Å²) in [7, 11) is 0. The molecule has 1 saturated carbocycles. The number of hydrogen-bond acceptors (Lipinski definition) is 2. The molecular weight excluding hydrogens is 200 g/mol. The fraction of sp³-hybridized carbons (Fsp3) is 0.923. The standard InChI is InChI=1S/C13H26N2O/c1-3-5-11(8-14)13(16)15-9-12-7-4-6-10(12)2/h10-12H,3-9,14H2,1-2H3,(H,15,16). The van der Waals surface area contributed by atoms with Gasteiger partial charge in [-0.05, 0) is 24.7 Å². The Kier molecular flexibility index (Phi) is 5.81. The Morgan fingerprint density at radius 2 is 2.25 bits per heavy atom. The zero-order valence-electron chi connectivity index (χ0n) is 10.7. The van der Waals surface area contributed by atoms with Gasteiger partial charge in [-0.1, -0.05) is 33.1 Å². The number of nitrogens with two attached hydrogens (primary N) is 1. The van der Waals surface area contributed by atoms with Gasteiger partial charge < -0.3 is 11.1 Å². The predicted octanol–water partition coefficient (Wildman–Crippen LogP) is 1.91. The number of amides is 1. The molecule has 1 aliphatic rings. The second-order valence-corrected chi connectivity index (χ2v) is 5.13. The number of nitrogens with one attached hydrogen (secondary N) is 1. The summed E-state index contributed by atoms with van der Waals surface area (Å²) in [5.41, 5.74) is 5.61. The predicted molar refractivity (Wildman–Crippen MR) is 67.0 cm³/mol. The van der Waals surface area contributed by atoms with Gasteiger partial charge in [0, 0.05) is 13.1 Å². The van der Waals surface area contributed by atoms with Gasteiger partial charge in [-0.15, -0.1) is 0 Å². The van der Waals surface area contributed by atoms with E-state index in [1.807, 2.05) is 0 Å². The Hall–Kier alpha value is -0.570. The van der Waals surface area contributed by atoms with Crippen LogP contribution in [0.15, 0.2) is 0 Å². The molecule has 3 unspecified atom stereocenters. The second-order valence-electron chi connectivity index (χ2n) is 5.13. The van der Waals surface area contributed by atoms with Crippen LogP contribution in [0.4, 0.5) is 0 Å². The van der Waals surface area contributed by atoms with Gasteiger partial charge in [0.1, 0.15) is 0 Å². The Bertz CT molecular complexity index is 218. The molecule has 0 radical (unpaired) electrons. The van der Waals surface area contributed by atoms with Gasteiger partial charge in [0.25, 0.3) is 0 Å². The molecular formula is C13H26N2O. The minimum absolute atomic E-state index is 0.0155. The van der Waals surface area contributed by atoms with Crippen molar-refractivity contribution in [2.75, 3.05) is 13.1 Å². The SMILES string of the molecule is CCCC(CN)C(=O)NCC1CCCC1C. The highest BCUT2D eigenvalue weighted by Gasteiger charge is 2.24. The maximum atomic E-state index is 11.8.